The van der Waals surface area contributed by atoms with Gasteiger partial charge in [0, 0.05) is 0 Å². The van der Waals surface area contributed by atoms with E-state index in [2.05, 4.69) is 0 Å². The first-order valence-corrected chi connectivity index (χ1v) is 7.65. The van der Waals surface area contributed by atoms with Crippen LogP contribution in [0.4, 0.5) is 0 Å². The average molecular weight is 376 g/mol. The number of hydrogen-bond acceptors (Lipinski definition) is 6. The molecular formula is C16H8O9S. The van der Waals surface area contributed by atoms with Crippen molar-refractivity contribution in [2.24, 2.45) is 0 Å². The van der Waals surface area contributed by atoms with Gasteiger partial charge in [0.1, 0.15) is 11.5 Å². The minimum Gasteiger partial charge on any atom is -0.478 e. The van der Waals surface area contributed by atoms with Gasteiger partial charge in [-0.2, -0.15) is 0 Å². The molecular weight excluding hydrogens is 368 g/mol. The second kappa shape index (κ2) is 6.08. The van der Waals surface area contributed by atoms with Crippen LogP contribution in [0.2, 0.25) is 0 Å². The van der Waals surface area contributed by atoms with Gasteiger partial charge in [-0.15, -0.1) is 0 Å². The van der Waals surface area contributed by atoms with Crippen LogP contribution in [0.3, 0.4) is 0 Å². The van der Waals surface area contributed by atoms with Crippen molar-refractivity contribution in [3.63, 3.8) is 0 Å². The number of aromatic carboxylic acids is 4. The summed E-state index contributed by atoms with van der Waals surface area (Å²) < 4.78 is 5.50. The van der Waals surface area contributed by atoms with E-state index < -0.39 is 46.1 Å². The number of hydrogen-bond donors (Lipinski definition) is 4. The lowest BCUT2D eigenvalue weighted by Crippen LogP contribution is -2.11. The van der Waals surface area contributed by atoms with Crippen molar-refractivity contribution < 1.29 is 44.3 Å². The fraction of sp³-hybridized carbons (Fsp3) is 0. The van der Waals surface area contributed by atoms with E-state index in [1.807, 2.05) is 0 Å². The summed E-state index contributed by atoms with van der Waals surface area (Å²) >= 11 is 0.949. The Labute approximate surface area is 148 Å². The summed E-state index contributed by atoms with van der Waals surface area (Å²) in [6.07, 6.45) is 0. The molecule has 1 aliphatic heterocycles. The Kier molecular flexibility index (Phi) is 4.04. The predicted octanol–water partition coefficient (Wildman–Crippen LogP) is 2.74. The number of carboxylic acid groups (broad SMARTS) is 4. The smallest absolute Gasteiger partial charge is 0.336 e. The lowest BCUT2D eigenvalue weighted by Gasteiger charge is -2.21. The van der Waals surface area contributed by atoms with Crippen LogP contribution in [0.15, 0.2) is 34.1 Å². The van der Waals surface area contributed by atoms with Gasteiger partial charge in [-0.25, -0.2) is 19.2 Å². The summed E-state index contributed by atoms with van der Waals surface area (Å²) in [4.78, 5) is 45.6. The second-order valence-corrected chi connectivity index (χ2v) is 6.20. The molecule has 26 heavy (non-hydrogen) atoms. The third-order valence-electron chi connectivity index (χ3n) is 3.53. The third kappa shape index (κ3) is 2.82. The first-order valence-electron chi connectivity index (χ1n) is 6.84. The standard InChI is InChI=1S/C16H8O9S/c17-13(18)5-1-9-11(3-7(5)15(21)22)26-12-4-8(16(23)24)6(14(19)20)2-10(12)25-9/h1-4H,(H,17,18)(H,19,20)(H,21,22)(H,23,24). The number of rotatable bonds is 4. The van der Waals surface area contributed by atoms with Gasteiger partial charge in [0.2, 0.25) is 0 Å². The first-order chi connectivity index (χ1) is 12.2. The van der Waals surface area contributed by atoms with E-state index in [0.717, 1.165) is 36.0 Å². The van der Waals surface area contributed by atoms with Crippen molar-refractivity contribution in [2.45, 2.75) is 9.79 Å². The molecule has 0 saturated heterocycles. The molecule has 0 unspecified atom stereocenters. The van der Waals surface area contributed by atoms with Crippen LogP contribution in [0.5, 0.6) is 11.5 Å². The summed E-state index contributed by atoms with van der Waals surface area (Å²) in [6.45, 7) is 0. The number of benzene rings is 2. The summed E-state index contributed by atoms with van der Waals surface area (Å²) in [5.41, 5.74) is -1.87. The molecule has 0 amide bonds. The van der Waals surface area contributed by atoms with Crippen molar-refractivity contribution in [3.05, 3.63) is 46.5 Å². The van der Waals surface area contributed by atoms with E-state index in [9.17, 15) is 19.2 Å². The molecule has 2 aromatic carbocycles. The second-order valence-electron chi connectivity index (χ2n) is 5.11. The maximum Gasteiger partial charge on any atom is 0.336 e. The van der Waals surface area contributed by atoms with Gasteiger partial charge in [0.25, 0.3) is 0 Å². The predicted molar refractivity (Wildman–Crippen MR) is 84.9 cm³/mol. The summed E-state index contributed by atoms with van der Waals surface area (Å²) in [5.74, 6) is -5.74. The van der Waals surface area contributed by atoms with Crippen LogP contribution >= 0.6 is 11.8 Å². The van der Waals surface area contributed by atoms with Crippen molar-refractivity contribution in [2.75, 3.05) is 0 Å². The minimum absolute atomic E-state index is 0.0318. The highest BCUT2D eigenvalue weighted by Gasteiger charge is 2.28. The molecule has 9 nitrogen and oxygen atoms in total. The minimum atomic E-state index is -1.46. The van der Waals surface area contributed by atoms with Gasteiger partial charge in [0.15, 0.2) is 0 Å². The van der Waals surface area contributed by atoms with Crippen LogP contribution in [0.25, 0.3) is 0 Å². The monoisotopic (exact) mass is 376 g/mol. The molecule has 4 N–H and O–H groups in total. The van der Waals surface area contributed by atoms with Crippen molar-refractivity contribution in [1.29, 1.82) is 0 Å². The molecule has 0 saturated carbocycles. The van der Waals surface area contributed by atoms with Crippen LogP contribution in [-0.4, -0.2) is 44.3 Å². The zero-order valence-corrected chi connectivity index (χ0v) is 13.4. The number of carbonyl (C=O) groups is 4. The fourth-order valence-electron chi connectivity index (χ4n) is 2.38. The number of fused-ring (bicyclic) bond motifs is 2. The normalized spacial score (nSPS) is 11.7. The maximum absolute atomic E-state index is 11.3. The van der Waals surface area contributed by atoms with Gasteiger partial charge >= 0.3 is 23.9 Å². The number of ether oxygens (including phenoxy) is 1. The van der Waals surface area contributed by atoms with E-state index in [4.69, 9.17) is 25.2 Å². The molecule has 0 bridgehead atoms. The maximum atomic E-state index is 11.3. The van der Waals surface area contributed by atoms with Gasteiger partial charge in [0.05, 0.1) is 32.0 Å². The molecule has 132 valence electrons. The van der Waals surface area contributed by atoms with Gasteiger partial charge in [-0.05, 0) is 24.3 Å². The van der Waals surface area contributed by atoms with Crippen LogP contribution < -0.4 is 4.74 Å². The molecule has 0 spiro atoms. The molecule has 3 rings (SSSR count). The van der Waals surface area contributed by atoms with Gasteiger partial charge in [-0.3, -0.25) is 0 Å². The van der Waals surface area contributed by atoms with E-state index in [0.29, 0.717) is 0 Å². The zero-order chi connectivity index (χ0) is 19.2. The Balaban J connectivity index is 2.16. The molecule has 1 heterocycles. The average Bonchev–Trinajstić information content (AvgIpc) is 2.57. The highest BCUT2D eigenvalue weighted by molar-refractivity contribution is 7.99. The highest BCUT2D eigenvalue weighted by Crippen LogP contribution is 2.48. The quantitative estimate of drug-likeness (QED) is 0.533. The summed E-state index contributed by atoms with van der Waals surface area (Å²) in [6, 6.07) is 4.28. The van der Waals surface area contributed by atoms with Crippen LogP contribution in [0.1, 0.15) is 41.4 Å². The van der Waals surface area contributed by atoms with E-state index >= 15 is 0 Å². The molecule has 1 aliphatic rings. The lowest BCUT2D eigenvalue weighted by molar-refractivity contribution is 0.0650. The van der Waals surface area contributed by atoms with Crippen LogP contribution in [0, 0.1) is 0 Å². The molecule has 0 aromatic heterocycles. The van der Waals surface area contributed by atoms with Crippen molar-refractivity contribution in [1.82, 2.24) is 0 Å². The Morgan fingerprint density at radius 3 is 1.23 bits per heavy atom. The van der Waals surface area contributed by atoms with Crippen molar-refractivity contribution >= 4 is 35.6 Å². The highest BCUT2D eigenvalue weighted by atomic mass is 32.2. The molecule has 10 heteroatoms. The van der Waals surface area contributed by atoms with Gasteiger partial charge < -0.3 is 25.2 Å². The van der Waals surface area contributed by atoms with Gasteiger partial charge in [-0.1, -0.05) is 11.8 Å². The molecule has 0 aliphatic carbocycles. The molecule has 2 aromatic rings. The number of carboxylic acids is 4. The Bertz CT molecular complexity index is 850. The molecule has 0 atom stereocenters. The fourth-order valence-corrected chi connectivity index (χ4v) is 3.38. The molecule has 0 fully saturated rings. The Morgan fingerprint density at radius 2 is 0.923 bits per heavy atom. The zero-order valence-electron chi connectivity index (χ0n) is 12.5. The Morgan fingerprint density at radius 1 is 0.615 bits per heavy atom. The molecule has 0 radical (unpaired) electrons. The third-order valence-corrected chi connectivity index (χ3v) is 4.61. The van der Waals surface area contributed by atoms with Crippen LogP contribution in [-0.2, 0) is 0 Å². The van der Waals surface area contributed by atoms with Crippen molar-refractivity contribution in [3.8, 4) is 11.5 Å². The summed E-state index contributed by atoms with van der Waals surface area (Å²) in [5, 5.41) is 36.7. The lowest BCUT2D eigenvalue weighted by atomic mass is 10.1. The SMILES string of the molecule is O=C(O)c1cc2c(cc1C(=O)O)Sc1cc(C(=O)O)c(C(=O)O)cc1O2. The topological polar surface area (TPSA) is 158 Å². The largest absolute Gasteiger partial charge is 0.478 e. The van der Waals surface area contributed by atoms with E-state index in [1.54, 1.807) is 0 Å². The van der Waals surface area contributed by atoms with E-state index in [1.165, 1.54) is 0 Å². The van der Waals surface area contributed by atoms with E-state index in [-0.39, 0.29) is 21.3 Å². The summed E-state index contributed by atoms with van der Waals surface area (Å²) in [7, 11) is 0. The Hall–Kier alpha value is -3.53. The first kappa shape index (κ1) is 17.3.